The van der Waals surface area contributed by atoms with E-state index in [0.717, 1.165) is 18.9 Å². The minimum Gasteiger partial charge on any atom is -0.385 e. The minimum absolute atomic E-state index is 0.615. The van der Waals surface area contributed by atoms with Crippen LogP contribution in [0.25, 0.3) is 0 Å². The lowest BCUT2D eigenvalue weighted by atomic mass is 10.2. The summed E-state index contributed by atoms with van der Waals surface area (Å²) in [6, 6.07) is 0.615. The first-order valence-electron chi connectivity index (χ1n) is 5.05. The van der Waals surface area contributed by atoms with Gasteiger partial charge in [0.1, 0.15) is 0 Å². The highest BCUT2D eigenvalue weighted by Crippen LogP contribution is 2.31. The van der Waals surface area contributed by atoms with Gasteiger partial charge < -0.3 is 10.1 Å². The zero-order chi connectivity index (χ0) is 8.81. The molecule has 0 heterocycles. The molecule has 2 heteroatoms. The van der Waals surface area contributed by atoms with E-state index in [4.69, 9.17) is 4.74 Å². The van der Waals surface area contributed by atoms with Crippen LogP contribution in [0.2, 0.25) is 0 Å². The summed E-state index contributed by atoms with van der Waals surface area (Å²) < 4.78 is 5.01. The first kappa shape index (κ1) is 10.0. The van der Waals surface area contributed by atoms with E-state index < -0.39 is 0 Å². The number of hydrogen-bond acceptors (Lipinski definition) is 2. The van der Waals surface area contributed by atoms with E-state index in [1.165, 1.54) is 25.8 Å². The van der Waals surface area contributed by atoms with E-state index in [9.17, 15) is 0 Å². The van der Waals surface area contributed by atoms with Crippen molar-refractivity contribution < 1.29 is 4.74 Å². The normalized spacial score (nSPS) is 19.5. The Morgan fingerprint density at radius 1 is 1.50 bits per heavy atom. The van der Waals surface area contributed by atoms with Crippen LogP contribution in [0.15, 0.2) is 0 Å². The predicted octanol–water partition coefficient (Wildman–Crippen LogP) is 1.80. The lowest BCUT2D eigenvalue weighted by Gasteiger charge is -2.12. The average molecular weight is 171 g/mol. The third-order valence-electron chi connectivity index (χ3n) is 2.50. The van der Waals surface area contributed by atoms with Crippen LogP contribution in [-0.4, -0.2) is 26.3 Å². The highest BCUT2D eigenvalue weighted by atomic mass is 16.5. The molecule has 1 aliphatic carbocycles. The Labute approximate surface area is 75.7 Å². The summed E-state index contributed by atoms with van der Waals surface area (Å²) in [6.45, 7) is 4.29. The third kappa shape index (κ3) is 4.73. The third-order valence-corrected chi connectivity index (χ3v) is 2.50. The second-order valence-electron chi connectivity index (χ2n) is 3.87. The van der Waals surface area contributed by atoms with Gasteiger partial charge in [0.25, 0.3) is 0 Å². The van der Waals surface area contributed by atoms with Crippen LogP contribution in [0.4, 0.5) is 0 Å². The van der Waals surface area contributed by atoms with Gasteiger partial charge in [-0.1, -0.05) is 12.8 Å². The molecule has 0 spiro atoms. The SMILES string of the molecule is COCCC(C)NCCC1CC1. The molecule has 0 aromatic rings. The van der Waals surface area contributed by atoms with Crippen molar-refractivity contribution in [2.24, 2.45) is 5.92 Å². The highest BCUT2D eigenvalue weighted by Gasteiger charge is 2.20. The van der Waals surface area contributed by atoms with Crippen LogP contribution in [0, 0.1) is 5.92 Å². The van der Waals surface area contributed by atoms with Crippen LogP contribution >= 0.6 is 0 Å². The van der Waals surface area contributed by atoms with Gasteiger partial charge in [-0.25, -0.2) is 0 Å². The molecular formula is C10H21NO. The van der Waals surface area contributed by atoms with Crippen molar-refractivity contribution in [1.82, 2.24) is 5.32 Å². The zero-order valence-corrected chi connectivity index (χ0v) is 8.31. The molecule has 72 valence electrons. The quantitative estimate of drug-likeness (QED) is 0.630. The highest BCUT2D eigenvalue weighted by molar-refractivity contribution is 4.74. The summed E-state index contributed by atoms with van der Waals surface area (Å²) in [4.78, 5) is 0. The average Bonchev–Trinajstić information content (AvgIpc) is 2.84. The molecule has 0 aromatic carbocycles. The van der Waals surface area contributed by atoms with Crippen LogP contribution < -0.4 is 5.32 Å². The van der Waals surface area contributed by atoms with Crippen molar-refractivity contribution in [2.45, 2.75) is 38.6 Å². The van der Waals surface area contributed by atoms with E-state index in [-0.39, 0.29) is 0 Å². The summed E-state index contributed by atoms with van der Waals surface area (Å²) >= 11 is 0. The van der Waals surface area contributed by atoms with Crippen LogP contribution in [0.1, 0.15) is 32.6 Å². The molecule has 1 fully saturated rings. The van der Waals surface area contributed by atoms with E-state index in [1.807, 2.05) is 0 Å². The van der Waals surface area contributed by atoms with Crippen molar-refractivity contribution in [3.8, 4) is 0 Å². The maximum Gasteiger partial charge on any atom is 0.0476 e. The van der Waals surface area contributed by atoms with E-state index >= 15 is 0 Å². The Morgan fingerprint density at radius 3 is 2.83 bits per heavy atom. The summed E-state index contributed by atoms with van der Waals surface area (Å²) in [5, 5.41) is 3.51. The maximum absolute atomic E-state index is 5.01. The van der Waals surface area contributed by atoms with Gasteiger partial charge >= 0.3 is 0 Å². The van der Waals surface area contributed by atoms with Crippen LogP contribution in [0.3, 0.4) is 0 Å². The molecule has 1 saturated carbocycles. The molecule has 0 bridgehead atoms. The lowest BCUT2D eigenvalue weighted by molar-refractivity contribution is 0.185. The van der Waals surface area contributed by atoms with Gasteiger partial charge in [0.05, 0.1) is 0 Å². The predicted molar refractivity (Wildman–Crippen MR) is 51.3 cm³/mol. The molecule has 0 radical (unpaired) electrons. The lowest BCUT2D eigenvalue weighted by Crippen LogP contribution is -2.28. The van der Waals surface area contributed by atoms with Gasteiger partial charge in [0, 0.05) is 19.8 Å². The number of hydrogen-bond donors (Lipinski definition) is 1. The van der Waals surface area contributed by atoms with Gasteiger partial charge in [-0.2, -0.15) is 0 Å². The molecule has 12 heavy (non-hydrogen) atoms. The molecular weight excluding hydrogens is 150 g/mol. The second-order valence-corrected chi connectivity index (χ2v) is 3.87. The smallest absolute Gasteiger partial charge is 0.0476 e. The molecule has 0 aromatic heterocycles. The summed E-state index contributed by atoms with van der Waals surface area (Å²) in [6.07, 6.45) is 5.43. The second kappa shape index (κ2) is 5.55. The van der Waals surface area contributed by atoms with Gasteiger partial charge in [0.15, 0.2) is 0 Å². The fraction of sp³-hybridized carbons (Fsp3) is 1.00. The molecule has 2 nitrogen and oxygen atoms in total. The maximum atomic E-state index is 5.01. The van der Waals surface area contributed by atoms with Gasteiger partial charge in [0.2, 0.25) is 0 Å². The first-order valence-corrected chi connectivity index (χ1v) is 5.05. The van der Waals surface area contributed by atoms with Crippen molar-refractivity contribution in [3.63, 3.8) is 0 Å². The van der Waals surface area contributed by atoms with E-state index in [2.05, 4.69) is 12.2 Å². The number of methoxy groups -OCH3 is 1. The van der Waals surface area contributed by atoms with Crippen LogP contribution in [-0.2, 0) is 4.74 Å². The van der Waals surface area contributed by atoms with Crippen molar-refractivity contribution in [1.29, 1.82) is 0 Å². The molecule has 1 unspecified atom stereocenters. The summed E-state index contributed by atoms with van der Waals surface area (Å²) in [5.74, 6) is 1.05. The number of rotatable bonds is 7. The van der Waals surface area contributed by atoms with Crippen molar-refractivity contribution in [3.05, 3.63) is 0 Å². The Hall–Kier alpha value is -0.0800. The van der Waals surface area contributed by atoms with Crippen molar-refractivity contribution >= 4 is 0 Å². The molecule has 0 aliphatic heterocycles. The van der Waals surface area contributed by atoms with E-state index in [0.29, 0.717) is 6.04 Å². The largest absolute Gasteiger partial charge is 0.385 e. The van der Waals surface area contributed by atoms with E-state index in [1.54, 1.807) is 7.11 Å². The molecule has 1 rings (SSSR count). The number of nitrogens with one attached hydrogen (secondary N) is 1. The Morgan fingerprint density at radius 2 is 2.25 bits per heavy atom. The van der Waals surface area contributed by atoms with Gasteiger partial charge in [-0.15, -0.1) is 0 Å². The fourth-order valence-electron chi connectivity index (χ4n) is 1.34. The van der Waals surface area contributed by atoms with Gasteiger partial charge in [-0.3, -0.25) is 0 Å². The molecule has 1 aliphatic rings. The first-order chi connectivity index (χ1) is 5.83. The Balaban J connectivity index is 1.83. The summed E-state index contributed by atoms with van der Waals surface area (Å²) in [5.41, 5.74) is 0. The van der Waals surface area contributed by atoms with Gasteiger partial charge in [-0.05, 0) is 32.2 Å². The van der Waals surface area contributed by atoms with Crippen molar-refractivity contribution in [2.75, 3.05) is 20.3 Å². The molecule has 1 N–H and O–H groups in total. The standard InChI is InChI=1S/C10H21NO/c1-9(6-8-12-2)11-7-5-10-3-4-10/h9-11H,3-8H2,1-2H3. The fourth-order valence-corrected chi connectivity index (χ4v) is 1.34. The topological polar surface area (TPSA) is 21.3 Å². The number of ether oxygens (including phenoxy) is 1. The Bertz CT molecular complexity index is 112. The van der Waals surface area contributed by atoms with Crippen LogP contribution in [0.5, 0.6) is 0 Å². The minimum atomic E-state index is 0.615. The molecule has 1 atom stereocenters. The molecule has 0 amide bonds. The molecule has 0 saturated heterocycles. The zero-order valence-electron chi connectivity index (χ0n) is 8.31. The Kier molecular flexibility index (Phi) is 4.62. The monoisotopic (exact) mass is 171 g/mol. The summed E-state index contributed by atoms with van der Waals surface area (Å²) in [7, 11) is 1.76.